The van der Waals surface area contributed by atoms with Crippen LogP contribution in [-0.4, -0.2) is 54.5 Å². The maximum absolute atomic E-state index is 12.4. The summed E-state index contributed by atoms with van der Waals surface area (Å²) in [6.07, 6.45) is 1.63. The number of para-hydroxylation sites is 2. The first-order valence-corrected chi connectivity index (χ1v) is 10.5. The number of benzene rings is 1. The molecular formula is C20H25N3O4S. The van der Waals surface area contributed by atoms with E-state index in [0.29, 0.717) is 24.6 Å². The van der Waals surface area contributed by atoms with Gasteiger partial charge in [-0.25, -0.2) is 0 Å². The summed E-state index contributed by atoms with van der Waals surface area (Å²) >= 11 is 1.91. The normalized spacial score (nSPS) is 15.6. The number of nitrogens with zero attached hydrogens (tertiary/aromatic N) is 1. The number of carbonyl (C=O) groups is 2. The minimum absolute atomic E-state index is 0.0941. The molecular weight excluding hydrogens is 378 g/mol. The Hall–Kier alpha value is -2.45. The third kappa shape index (κ3) is 5.30. The molecule has 28 heavy (non-hydrogen) atoms. The van der Waals surface area contributed by atoms with Crippen LogP contribution in [0.3, 0.4) is 0 Å². The van der Waals surface area contributed by atoms with Gasteiger partial charge in [-0.1, -0.05) is 12.1 Å². The highest BCUT2D eigenvalue weighted by Gasteiger charge is 2.26. The van der Waals surface area contributed by atoms with Gasteiger partial charge in [0.2, 0.25) is 0 Å². The molecule has 7 nitrogen and oxygen atoms in total. The highest BCUT2D eigenvalue weighted by Crippen LogP contribution is 2.25. The van der Waals surface area contributed by atoms with Crippen LogP contribution in [0.15, 0.2) is 47.1 Å². The molecule has 8 heteroatoms. The van der Waals surface area contributed by atoms with E-state index in [9.17, 15) is 9.59 Å². The lowest BCUT2D eigenvalue weighted by Gasteiger charge is -2.33. The maximum atomic E-state index is 12.4. The molecule has 1 aromatic carbocycles. The number of thioether (sulfide) groups is 1. The summed E-state index contributed by atoms with van der Waals surface area (Å²) in [5, 5.41) is 5.36. The van der Waals surface area contributed by atoms with E-state index >= 15 is 0 Å². The fourth-order valence-electron chi connectivity index (χ4n) is 3.08. The summed E-state index contributed by atoms with van der Waals surface area (Å²) in [5.41, 5.74) is 0.472. The first kappa shape index (κ1) is 20.3. The van der Waals surface area contributed by atoms with E-state index in [2.05, 4.69) is 15.5 Å². The molecule has 1 atom stereocenters. The molecule has 1 fully saturated rings. The van der Waals surface area contributed by atoms with Crippen molar-refractivity contribution < 1.29 is 18.7 Å². The van der Waals surface area contributed by atoms with Gasteiger partial charge in [-0.15, -0.1) is 0 Å². The van der Waals surface area contributed by atoms with E-state index in [1.165, 1.54) is 0 Å². The summed E-state index contributed by atoms with van der Waals surface area (Å²) in [5.74, 6) is 1.99. The van der Waals surface area contributed by atoms with Crippen LogP contribution in [0.1, 0.15) is 18.7 Å². The molecule has 1 unspecified atom stereocenters. The Morgan fingerprint density at radius 1 is 1.18 bits per heavy atom. The van der Waals surface area contributed by atoms with Crippen molar-refractivity contribution in [3.05, 3.63) is 48.4 Å². The molecule has 3 rings (SSSR count). The summed E-state index contributed by atoms with van der Waals surface area (Å²) in [4.78, 5) is 27.0. The Morgan fingerprint density at radius 3 is 2.68 bits per heavy atom. The molecule has 2 amide bonds. The Balaban J connectivity index is 1.60. The van der Waals surface area contributed by atoms with E-state index in [1.54, 1.807) is 24.5 Å². The lowest BCUT2D eigenvalue weighted by molar-refractivity contribution is -0.136. The second-order valence-corrected chi connectivity index (χ2v) is 7.50. The summed E-state index contributed by atoms with van der Waals surface area (Å²) in [7, 11) is 0. The molecule has 1 aliphatic heterocycles. The van der Waals surface area contributed by atoms with E-state index in [1.807, 2.05) is 36.9 Å². The van der Waals surface area contributed by atoms with Crippen LogP contribution in [0, 0.1) is 0 Å². The maximum Gasteiger partial charge on any atom is 0.313 e. The van der Waals surface area contributed by atoms with Gasteiger partial charge in [0.15, 0.2) is 0 Å². The number of furan rings is 1. The average molecular weight is 404 g/mol. The van der Waals surface area contributed by atoms with E-state index in [-0.39, 0.29) is 6.04 Å². The second-order valence-electron chi connectivity index (χ2n) is 6.27. The quantitative estimate of drug-likeness (QED) is 0.691. The molecule has 0 spiro atoms. The van der Waals surface area contributed by atoms with Gasteiger partial charge in [-0.05, 0) is 31.2 Å². The van der Waals surface area contributed by atoms with Gasteiger partial charge in [0.1, 0.15) is 11.5 Å². The van der Waals surface area contributed by atoms with Crippen LogP contribution < -0.4 is 15.4 Å². The molecule has 2 aromatic rings. The van der Waals surface area contributed by atoms with E-state index < -0.39 is 11.8 Å². The summed E-state index contributed by atoms with van der Waals surface area (Å²) in [6.45, 7) is 4.47. The van der Waals surface area contributed by atoms with Gasteiger partial charge in [0.05, 0.1) is 24.6 Å². The third-order valence-corrected chi connectivity index (χ3v) is 5.40. The van der Waals surface area contributed by atoms with E-state index in [4.69, 9.17) is 9.15 Å². The number of ether oxygens (including phenoxy) is 1. The molecule has 0 radical (unpaired) electrons. The predicted octanol–water partition coefficient (Wildman–Crippen LogP) is 2.52. The monoisotopic (exact) mass is 403 g/mol. The topological polar surface area (TPSA) is 83.8 Å². The number of carbonyl (C=O) groups excluding carboxylic acids is 2. The van der Waals surface area contributed by atoms with Crippen LogP contribution in [0.2, 0.25) is 0 Å². The Labute approximate surface area is 168 Å². The zero-order valence-electron chi connectivity index (χ0n) is 15.8. The molecule has 1 aliphatic rings. The van der Waals surface area contributed by atoms with Crippen molar-refractivity contribution >= 4 is 29.3 Å². The number of hydrogen-bond donors (Lipinski definition) is 2. The van der Waals surface area contributed by atoms with Crippen molar-refractivity contribution in [3.63, 3.8) is 0 Å². The minimum atomic E-state index is -0.723. The van der Waals surface area contributed by atoms with Gasteiger partial charge >= 0.3 is 11.8 Å². The largest absolute Gasteiger partial charge is 0.492 e. The molecule has 0 aliphatic carbocycles. The zero-order valence-corrected chi connectivity index (χ0v) is 16.7. The SMILES string of the molecule is CCOc1ccccc1NC(=O)C(=O)NCC(c1ccco1)N1CCSCC1. The minimum Gasteiger partial charge on any atom is -0.492 e. The molecule has 2 N–H and O–H groups in total. The molecule has 1 saturated heterocycles. The van der Waals surface area contributed by atoms with Gasteiger partial charge in [0, 0.05) is 31.1 Å². The van der Waals surface area contributed by atoms with Gasteiger partial charge in [-0.3, -0.25) is 14.5 Å². The molecule has 150 valence electrons. The summed E-state index contributed by atoms with van der Waals surface area (Å²) in [6, 6.07) is 10.7. The molecule has 0 saturated carbocycles. The lowest BCUT2D eigenvalue weighted by Crippen LogP contribution is -2.44. The second kappa shape index (κ2) is 10.2. The average Bonchev–Trinajstić information content (AvgIpc) is 3.25. The number of nitrogens with one attached hydrogen (secondary N) is 2. The fourth-order valence-corrected chi connectivity index (χ4v) is 4.01. The van der Waals surface area contributed by atoms with Crippen LogP contribution in [0.5, 0.6) is 5.75 Å². The Morgan fingerprint density at radius 2 is 1.96 bits per heavy atom. The van der Waals surface area contributed by atoms with Crippen molar-refractivity contribution in [3.8, 4) is 5.75 Å². The third-order valence-electron chi connectivity index (χ3n) is 4.46. The number of amides is 2. The van der Waals surface area contributed by atoms with Crippen LogP contribution in [0.25, 0.3) is 0 Å². The van der Waals surface area contributed by atoms with Crippen molar-refractivity contribution in [2.45, 2.75) is 13.0 Å². The van der Waals surface area contributed by atoms with E-state index in [0.717, 1.165) is 30.4 Å². The first-order valence-electron chi connectivity index (χ1n) is 9.35. The number of rotatable bonds is 7. The van der Waals surface area contributed by atoms with Gasteiger partial charge in [0.25, 0.3) is 0 Å². The van der Waals surface area contributed by atoms with Crippen LogP contribution in [0.4, 0.5) is 5.69 Å². The Bertz CT molecular complexity index is 776. The summed E-state index contributed by atoms with van der Waals surface area (Å²) < 4.78 is 11.0. The number of anilines is 1. The lowest BCUT2D eigenvalue weighted by atomic mass is 10.2. The van der Waals surface area contributed by atoms with Crippen molar-refractivity contribution in [1.82, 2.24) is 10.2 Å². The molecule has 1 aromatic heterocycles. The highest BCUT2D eigenvalue weighted by atomic mass is 32.2. The van der Waals surface area contributed by atoms with Crippen LogP contribution >= 0.6 is 11.8 Å². The predicted molar refractivity (Wildman–Crippen MR) is 110 cm³/mol. The van der Waals surface area contributed by atoms with Gasteiger partial charge < -0.3 is 19.8 Å². The Kier molecular flexibility index (Phi) is 7.39. The molecule has 0 bridgehead atoms. The van der Waals surface area contributed by atoms with Gasteiger partial charge in [-0.2, -0.15) is 11.8 Å². The smallest absolute Gasteiger partial charge is 0.313 e. The standard InChI is InChI=1S/C20H25N3O4S/c1-2-26-17-7-4-3-6-15(17)22-20(25)19(24)21-14-16(18-8-5-11-27-18)23-9-12-28-13-10-23/h3-8,11,16H,2,9-10,12-14H2,1H3,(H,21,24)(H,22,25). The first-order chi connectivity index (χ1) is 13.7. The highest BCUT2D eigenvalue weighted by molar-refractivity contribution is 7.99. The number of hydrogen-bond acceptors (Lipinski definition) is 6. The van der Waals surface area contributed by atoms with Crippen LogP contribution in [-0.2, 0) is 9.59 Å². The van der Waals surface area contributed by atoms with Crippen molar-refractivity contribution in [2.75, 3.05) is 43.1 Å². The molecule has 2 heterocycles. The fraction of sp³-hybridized carbons (Fsp3) is 0.400. The van der Waals surface area contributed by atoms with Crippen molar-refractivity contribution in [2.24, 2.45) is 0 Å². The zero-order chi connectivity index (χ0) is 19.8. The van der Waals surface area contributed by atoms with Crippen molar-refractivity contribution in [1.29, 1.82) is 0 Å².